The fourth-order valence-corrected chi connectivity index (χ4v) is 1.68. The summed E-state index contributed by atoms with van der Waals surface area (Å²) in [5.41, 5.74) is 5.73. The molecule has 0 unspecified atom stereocenters. The first-order valence-corrected chi connectivity index (χ1v) is 5.45. The van der Waals surface area contributed by atoms with Crippen LogP contribution in [0.5, 0.6) is 11.5 Å². The Balaban J connectivity index is 3.35. The number of halogens is 2. The average molecular weight is 259 g/mol. The van der Waals surface area contributed by atoms with E-state index in [4.69, 9.17) is 10.5 Å². The lowest BCUT2D eigenvalue weighted by Gasteiger charge is -2.16. The molecule has 0 saturated carbocycles. The zero-order valence-corrected chi connectivity index (χ0v) is 10.2. The number of hydrogen-bond acceptors (Lipinski definition) is 3. The van der Waals surface area contributed by atoms with Crippen molar-refractivity contribution in [1.29, 1.82) is 0 Å². The Kier molecular flexibility index (Phi) is 4.88. The molecule has 0 heterocycles. The number of methoxy groups -OCH3 is 1. The van der Waals surface area contributed by atoms with E-state index >= 15 is 0 Å². The molecule has 1 amide bonds. The van der Waals surface area contributed by atoms with Gasteiger partial charge in [-0.25, -0.2) is 0 Å². The lowest BCUT2D eigenvalue weighted by atomic mass is 10.0. The SMILES string of the molecule is CCCc1ccc(C(N)=O)c(OC)c1OC(F)F. The monoisotopic (exact) mass is 259 g/mol. The highest BCUT2D eigenvalue weighted by atomic mass is 19.3. The smallest absolute Gasteiger partial charge is 0.387 e. The summed E-state index contributed by atoms with van der Waals surface area (Å²) in [7, 11) is 1.27. The van der Waals surface area contributed by atoms with Crippen LogP contribution < -0.4 is 15.2 Å². The van der Waals surface area contributed by atoms with Gasteiger partial charge < -0.3 is 15.2 Å². The summed E-state index contributed by atoms with van der Waals surface area (Å²) in [6, 6.07) is 2.99. The Bertz CT molecular complexity index is 436. The molecule has 0 fully saturated rings. The van der Waals surface area contributed by atoms with Gasteiger partial charge in [0.1, 0.15) is 0 Å². The second kappa shape index (κ2) is 6.18. The normalized spacial score (nSPS) is 10.5. The second-order valence-electron chi connectivity index (χ2n) is 3.63. The van der Waals surface area contributed by atoms with Gasteiger partial charge in [-0.2, -0.15) is 8.78 Å². The van der Waals surface area contributed by atoms with Gasteiger partial charge in [-0.15, -0.1) is 0 Å². The van der Waals surface area contributed by atoms with Crippen molar-refractivity contribution in [2.24, 2.45) is 5.73 Å². The molecule has 18 heavy (non-hydrogen) atoms. The molecule has 0 aliphatic rings. The van der Waals surface area contributed by atoms with Crippen LogP contribution in [0.4, 0.5) is 8.78 Å². The van der Waals surface area contributed by atoms with Crippen molar-refractivity contribution in [3.63, 3.8) is 0 Å². The maximum atomic E-state index is 12.4. The lowest BCUT2D eigenvalue weighted by molar-refractivity contribution is -0.0518. The molecule has 0 atom stereocenters. The highest BCUT2D eigenvalue weighted by Crippen LogP contribution is 2.36. The molecule has 0 radical (unpaired) electrons. The number of alkyl halides is 2. The minimum absolute atomic E-state index is 0.0213. The number of aryl methyl sites for hydroxylation is 1. The standard InChI is InChI=1S/C12H15F2NO3/c1-3-4-7-5-6-8(11(15)16)10(17-2)9(7)18-12(13)14/h5-6,12H,3-4H2,1-2H3,(H2,15,16). The summed E-state index contributed by atoms with van der Waals surface area (Å²) in [4.78, 5) is 11.2. The van der Waals surface area contributed by atoms with E-state index in [-0.39, 0.29) is 17.1 Å². The van der Waals surface area contributed by atoms with E-state index < -0.39 is 12.5 Å². The van der Waals surface area contributed by atoms with Crippen LogP contribution in [0.25, 0.3) is 0 Å². The highest BCUT2D eigenvalue weighted by molar-refractivity contribution is 5.96. The third-order valence-corrected chi connectivity index (χ3v) is 2.39. The van der Waals surface area contributed by atoms with Gasteiger partial charge >= 0.3 is 6.61 Å². The molecule has 2 N–H and O–H groups in total. The fraction of sp³-hybridized carbons (Fsp3) is 0.417. The van der Waals surface area contributed by atoms with E-state index in [1.54, 1.807) is 6.07 Å². The van der Waals surface area contributed by atoms with Crippen molar-refractivity contribution in [2.75, 3.05) is 7.11 Å². The number of ether oxygens (including phenoxy) is 2. The Labute approximate surface area is 104 Å². The fourth-order valence-electron chi connectivity index (χ4n) is 1.68. The van der Waals surface area contributed by atoms with Gasteiger partial charge in [0.05, 0.1) is 12.7 Å². The van der Waals surface area contributed by atoms with Gasteiger partial charge in [0.15, 0.2) is 11.5 Å². The molecule has 4 nitrogen and oxygen atoms in total. The van der Waals surface area contributed by atoms with E-state index in [0.29, 0.717) is 12.0 Å². The first-order valence-electron chi connectivity index (χ1n) is 5.45. The van der Waals surface area contributed by atoms with Gasteiger partial charge in [-0.1, -0.05) is 19.4 Å². The van der Waals surface area contributed by atoms with E-state index in [1.165, 1.54) is 13.2 Å². The molecule has 0 aliphatic carbocycles. The first kappa shape index (κ1) is 14.2. The number of nitrogens with two attached hydrogens (primary N) is 1. The third-order valence-electron chi connectivity index (χ3n) is 2.39. The van der Waals surface area contributed by atoms with Crippen molar-refractivity contribution in [3.05, 3.63) is 23.3 Å². The van der Waals surface area contributed by atoms with Crippen molar-refractivity contribution in [3.8, 4) is 11.5 Å². The largest absolute Gasteiger partial charge is 0.492 e. The molecule has 1 aromatic carbocycles. The zero-order chi connectivity index (χ0) is 13.7. The molecule has 0 aromatic heterocycles. The third kappa shape index (κ3) is 3.09. The average Bonchev–Trinajstić information content (AvgIpc) is 2.30. The van der Waals surface area contributed by atoms with Gasteiger partial charge in [0.2, 0.25) is 0 Å². The van der Waals surface area contributed by atoms with Crippen LogP contribution in [0.2, 0.25) is 0 Å². The predicted octanol–water partition coefficient (Wildman–Crippen LogP) is 2.35. The molecular formula is C12H15F2NO3. The topological polar surface area (TPSA) is 61.6 Å². The van der Waals surface area contributed by atoms with Gasteiger partial charge in [0, 0.05) is 0 Å². The van der Waals surface area contributed by atoms with Crippen LogP contribution >= 0.6 is 0 Å². The minimum atomic E-state index is -2.99. The van der Waals surface area contributed by atoms with E-state index in [1.807, 2.05) is 6.92 Å². The number of primary amides is 1. The number of carbonyl (C=O) groups is 1. The molecule has 100 valence electrons. The van der Waals surface area contributed by atoms with Gasteiger partial charge in [-0.3, -0.25) is 4.79 Å². The summed E-state index contributed by atoms with van der Waals surface area (Å²) in [5.74, 6) is -0.923. The first-order chi connectivity index (χ1) is 8.51. The highest BCUT2D eigenvalue weighted by Gasteiger charge is 2.21. The quantitative estimate of drug-likeness (QED) is 0.853. The second-order valence-corrected chi connectivity index (χ2v) is 3.63. The molecule has 0 spiro atoms. The Morgan fingerprint density at radius 2 is 2.06 bits per heavy atom. The van der Waals surface area contributed by atoms with E-state index in [0.717, 1.165) is 6.42 Å². The number of hydrogen-bond donors (Lipinski definition) is 1. The van der Waals surface area contributed by atoms with Crippen molar-refractivity contribution >= 4 is 5.91 Å². The van der Waals surface area contributed by atoms with E-state index in [2.05, 4.69) is 4.74 Å². The Hall–Kier alpha value is -1.85. The van der Waals surface area contributed by atoms with Gasteiger partial charge in [0.25, 0.3) is 5.91 Å². The number of amides is 1. The maximum Gasteiger partial charge on any atom is 0.387 e. The molecule has 1 aromatic rings. The van der Waals surface area contributed by atoms with Crippen LogP contribution in [-0.4, -0.2) is 19.6 Å². The Morgan fingerprint density at radius 1 is 1.39 bits per heavy atom. The minimum Gasteiger partial charge on any atom is -0.492 e. The summed E-state index contributed by atoms with van der Waals surface area (Å²) in [6.07, 6.45) is 1.29. The van der Waals surface area contributed by atoms with Crippen LogP contribution in [0.1, 0.15) is 29.3 Å². The molecule has 0 saturated heterocycles. The molecule has 1 rings (SSSR count). The van der Waals surface area contributed by atoms with Crippen molar-refractivity contribution in [2.45, 2.75) is 26.4 Å². The molecular weight excluding hydrogens is 244 g/mol. The van der Waals surface area contributed by atoms with Crippen LogP contribution in [0.3, 0.4) is 0 Å². The van der Waals surface area contributed by atoms with Crippen LogP contribution in [-0.2, 0) is 6.42 Å². The Morgan fingerprint density at radius 3 is 2.50 bits per heavy atom. The van der Waals surface area contributed by atoms with E-state index in [9.17, 15) is 13.6 Å². The summed E-state index contributed by atoms with van der Waals surface area (Å²) >= 11 is 0. The van der Waals surface area contributed by atoms with Crippen molar-refractivity contribution < 1.29 is 23.0 Å². The summed E-state index contributed by atoms with van der Waals surface area (Å²) in [6.45, 7) is -1.08. The molecule has 6 heteroatoms. The number of rotatable bonds is 6. The summed E-state index contributed by atoms with van der Waals surface area (Å²) in [5, 5.41) is 0. The van der Waals surface area contributed by atoms with Crippen LogP contribution in [0, 0.1) is 0 Å². The predicted molar refractivity (Wildman–Crippen MR) is 62.1 cm³/mol. The summed E-state index contributed by atoms with van der Waals surface area (Å²) < 4.78 is 34.2. The van der Waals surface area contributed by atoms with Gasteiger partial charge in [-0.05, 0) is 18.1 Å². The molecule has 0 bridgehead atoms. The maximum absolute atomic E-state index is 12.4. The number of carbonyl (C=O) groups excluding carboxylic acids is 1. The van der Waals surface area contributed by atoms with Crippen LogP contribution in [0.15, 0.2) is 12.1 Å². The number of benzene rings is 1. The zero-order valence-electron chi connectivity index (χ0n) is 10.2. The molecule has 0 aliphatic heterocycles. The lowest BCUT2D eigenvalue weighted by Crippen LogP contribution is -2.15. The van der Waals surface area contributed by atoms with Crippen molar-refractivity contribution in [1.82, 2.24) is 0 Å².